The number of benzene rings is 1. The first-order valence-corrected chi connectivity index (χ1v) is 9.13. The summed E-state index contributed by atoms with van der Waals surface area (Å²) < 4.78 is 7.27. The fourth-order valence-electron chi connectivity index (χ4n) is 2.76. The minimum absolute atomic E-state index is 0.468. The van der Waals surface area contributed by atoms with E-state index < -0.39 is 0 Å². The van der Waals surface area contributed by atoms with Gasteiger partial charge in [-0.1, -0.05) is 26.0 Å². The molecule has 142 valence electrons. The Morgan fingerprint density at radius 2 is 1.96 bits per heavy atom. The third-order valence-corrected chi connectivity index (χ3v) is 4.44. The molecule has 0 spiro atoms. The van der Waals surface area contributed by atoms with E-state index in [2.05, 4.69) is 56.4 Å². The van der Waals surface area contributed by atoms with Crippen molar-refractivity contribution in [2.75, 3.05) is 27.2 Å². The SMILES string of the molecule is CCc1nncn1CCNC(=NC)NCCC(C)c1ccc(OC)cc1. The molecule has 1 unspecified atom stereocenters. The Morgan fingerprint density at radius 3 is 2.62 bits per heavy atom. The standard InChI is InChI=1S/C19H30N6O/c1-5-18-24-23-14-25(18)13-12-22-19(20-3)21-11-10-15(2)16-6-8-17(26-4)9-7-16/h6-9,14-15H,5,10-13H2,1-4H3,(H2,20,21,22). The van der Waals surface area contributed by atoms with Crippen LogP contribution >= 0.6 is 0 Å². The van der Waals surface area contributed by atoms with E-state index in [-0.39, 0.29) is 0 Å². The summed E-state index contributed by atoms with van der Waals surface area (Å²) in [6, 6.07) is 8.27. The van der Waals surface area contributed by atoms with Crippen LogP contribution in [0.2, 0.25) is 0 Å². The molecule has 7 nitrogen and oxygen atoms in total. The summed E-state index contributed by atoms with van der Waals surface area (Å²) >= 11 is 0. The number of ether oxygens (including phenoxy) is 1. The maximum Gasteiger partial charge on any atom is 0.191 e. The Labute approximate surface area is 155 Å². The first-order valence-electron chi connectivity index (χ1n) is 9.13. The average Bonchev–Trinajstić information content (AvgIpc) is 3.14. The van der Waals surface area contributed by atoms with E-state index in [0.29, 0.717) is 5.92 Å². The molecule has 0 radical (unpaired) electrons. The normalized spacial score (nSPS) is 12.7. The van der Waals surface area contributed by atoms with Crippen molar-refractivity contribution in [1.82, 2.24) is 25.4 Å². The molecule has 0 fully saturated rings. The maximum absolute atomic E-state index is 5.21. The van der Waals surface area contributed by atoms with Gasteiger partial charge in [-0.2, -0.15) is 0 Å². The van der Waals surface area contributed by atoms with Crippen molar-refractivity contribution < 1.29 is 4.74 Å². The van der Waals surface area contributed by atoms with Crippen LogP contribution in [0.4, 0.5) is 0 Å². The van der Waals surface area contributed by atoms with Crippen LogP contribution in [0.15, 0.2) is 35.6 Å². The second-order valence-corrected chi connectivity index (χ2v) is 6.18. The van der Waals surface area contributed by atoms with Gasteiger partial charge in [-0.05, 0) is 30.0 Å². The molecule has 2 aromatic rings. The number of aliphatic imine (C=N–C) groups is 1. The van der Waals surface area contributed by atoms with Crippen molar-refractivity contribution in [2.45, 2.75) is 39.2 Å². The summed E-state index contributed by atoms with van der Waals surface area (Å²) in [6.07, 6.45) is 3.68. The summed E-state index contributed by atoms with van der Waals surface area (Å²) in [5.41, 5.74) is 1.32. The first kappa shape index (κ1) is 19.8. The smallest absolute Gasteiger partial charge is 0.191 e. The minimum atomic E-state index is 0.468. The lowest BCUT2D eigenvalue weighted by atomic mass is 9.98. The van der Waals surface area contributed by atoms with Crippen molar-refractivity contribution in [3.8, 4) is 5.75 Å². The first-order chi connectivity index (χ1) is 12.7. The summed E-state index contributed by atoms with van der Waals surface area (Å²) in [4.78, 5) is 4.28. The van der Waals surface area contributed by atoms with Gasteiger partial charge in [0.15, 0.2) is 5.96 Å². The largest absolute Gasteiger partial charge is 0.497 e. The Balaban J connectivity index is 1.71. The lowest BCUT2D eigenvalue weighted by molar-refractivity contribution is 0.414. The predicted molar refractivity (Wildman–Crippen MR) is 105 cm³/mol. The number of hydrogen-bond donors (Lipinski definition) is 2. The van der Waals surface area contributed by atoms with Gasteiger partial charge in [-0.25, -0.2) is 0 Å². The van der Waals surface area contributed by atoms with E-state index in [1.165, 1.54) is 5.56 Å². The number of hydrogen-bond acceptors (Lipinski definition) is 4. The van der Waals surface area contributed by atoms with E-state index in [1.54, 1.807) is 20.5 Å². The molecular formula is C19H30N6O. The van der Waals surface area contributed by atoms with E-state index in [9.17, 15) is 0 Å². The van der Waals surface area contributed by atoms with Crippen LogP contribution in [-0.2, 0) is 13.0 Å². The molecule has 0 saturated carbocycles. The van der Waals surface area contributed by atoms with Crippen LogP contribution in [0.3, 0.4) is 0 Å². The number of nitrogens with zero attached hydrogens (tertiary/aromatic N) is 4. The highest BCUT2D eigenvalue weighted by Gasteiger charge is 2.07. The van der Waals surface area contributed by atoms with Crippen molar-refractivity contribution >= 4 is 5.96 Å². The van der Waals surface area contributed by atoms with Crippen molar-refractivity contribution in [3.63, 3.8) is 0 Å². The molecule has 0 aliphatic rings. The van der Waals surface area contributed by atoms with Gasteiger partial charge in [0, 0.05) is 33.1 Å². The fourth-order valence-corrected chi connectivity index (χ4v) is 2.76. The van der Waals surface area contributed by atoms with Gasteiger partial charge in [0.25, 0.3) is 0 Å². The van der Waals surface area contributed by atoms with Gasteiger partial charge in [-0.3, -0.25) is 4.99 Å². The zero-order valence-corrected chi connectivity index (χ0v) is 16.2. The number of guanidine groups is 1. The highest BCUT2D eigenvalue weighted by molar-refractivity contribution is 5.79. The molecule has 0 saturated heterocycles. The van der Waals surface area contributed by atoms with Gasteiger partial charge < -0.3 is 19.9 Å². The molecular weight excluding hydrogens is 328 g/mol. The molecule has 0 aliphatic heterocycles. The zero-order chi connectivity index (χ0) is 18.8. The molecule has 2 N–H and O–H groups in total. The predicted octanol–water partition coefficient (Wildman–Crippen LogP) is 2.21. The Kier molecular flexibility index (Phi) is 7.92. The fraction of sp³-hybridized carbons (Fsp3) is 0.526. The molecule has 1 aromatic carbocycles. The van der Waals surface area contributed by atoms with Gasteiger partial charge in [0.05, 0.1) is 7.11 Å². The number of aryl methyl sites for hydroxylation is 1. The molecule has 7 heteroatoms. The van der Waals surface area contributed by atoms with Crippen LogP contribution in [0.1, 0.15) is 37.6 Å². The van der Waals surface area contributed by atoms with E-state index in [1.807, 2.05) is 12.1 Å². The average molecular weight is 358 g/mol. The number of aromatic nitrogens is 3. The highest BCUT2D eigenvalue weighted by atomic mass is 16.5. The quantitative estimate of drug-likeness (QED) is 0.531. The third kappa shape index (κ3) is 5.75. The summed E-state index contributed by atoms with van der Waals surface area (Å²) in [6.45, 7) is 6.77. The van der Waals surface area contributed by atoms with E-state index in [4.69, 9.17) is 4.74 Å². The zero-order valence-electron chi connectivity index (χ0n) is 16.2. The third-order valence-electron chi connectivity index (χ3n) is 4.44. The lowest BCUT2D eigenvalue weighted by Gasteiger charge is -2.16. The van der Waals surface area contributed by atoms with Crippen LogP contribution < -0.4 is 15.4 Å². The molecule has 1 atom stereocenters. The number of methoxy groups -OCH3 is 1. The maximum atomic E-state index is 5.21. The van der Waals surface area contributed by atoms with Crippen LogP contribution in [0.25, 0.3) is 0 Å². The minimum Gasteiger partial charge on any atom is -0.497 e. The van der Waals surface area contributed by atoms with Gasteiger partial charge in [0.2, 0.25) is 0 Å². The van der Waals surface area contributed by atoms with Gasteiger partial charge in [0.1, 0.15) is 17.9 Å². The lowest BCUT2D eigenvalue weighted by Crippen LogP contribution is -2.39. The van der Waals surface area contributed by atoms with Crippen molar-refractivity contribution in [3.05, 3.63) is 42.0 Å². The summed E-state index contributed by atoms with van der Waals surface area (Å²) in [5, 5.41) is 14.8. The Hall–Kier alpha value is -2.57. The molecule has 2 rings (SSSR count). The molecule has 0 aliphatic carbocycles. The van der Waals surface area contributed by atoms with Crippen molar-refractivity contribution in [2.24, 2.45) is 4.99 Å². The molecule has 1 heterocycles. The topological polar surface area (TPSA) is 76.4 Å². The summed E-state index contributed by atoms with van der Waals surface area (Å²) in [5.74, 6) is 3.18. The molecule has 0 amide bonds. The van der Waals surface area contributed by atoms with Crippen LogP contribution in [0, 0.1) is 0 Å². The number of nitrogens with one attached hydrogen (secondary N) is 2. The van der Waals surface area contributed by atoms with E-state index in [0.717, 1.165) is 50.0 Å². The van der Waals surface area contributed by atoms with Crippen LogP contribution in [0.5, 0.6) is 5.75 Å². The molecule has 1 aromatic heterocycles. The second-order valence-electron chi connectivity index (χ2n) is 6.18. The van der Waals surface area contributed by atoms with Crippen LogP contribution in [-0.4, -0.2) is 48.0 Å². The monoisotopic (exact) mass is 358 g/mol. The Morgan fingerprint density at radius 1 is 1.23 bits per heavy atom. The highest BCUT2D eigenvalue weighted by Crippen LogP contribution is 2.21. The van der Waals surface area contributed by atoms with Gasteiger partial charge in [-0.15, -0.1) is 10.2 Å². The molecule has 26 heavy (non-hydrogen) atoms. The Bertz CT molecular complexity index is 680. The number of rotatable bonds is 9. The summed E-state index contributed by atoms with van der Waals surface area (Å²) in [7, 11) is 3.48. The van der Waals surface area contributed by atoms with Gasteiger partial charge >= 0.3 is 0 Å². The van der Waals surface area contributed by atoms with Crippen molar-refractivity contribution in [1.29, 1.82) is 0 Å². The second kappa shape index (κ2) is 10.4. The van der Waals surface area contributed by atoms with E-state index >= 15 is 0 Å². The molecule has 0 bridgehead atoms.